The van der Waals surface area contributed by atoms with Gasteiger partial charge in [-0.15, -0.1) is 0 Å². The van der Waals surface area contributed by atoms with Gasteiger partial charge in [-0.2, -0.15) is 9.97 Å². The largest absolute Gasteiger partial charge is 0.309 e. The third-order valence-corrected chi connectivity index (χ3v) is 16.1. The molecule has 2 aliphatic carbocycles. The Hall–Kier alpha value is -9.45. The Morgan fingerprint density at radius 3 is 1.42 bits per heavy atom. The van der Waals surface area contributed by atoms with Gasteiger partial charge >= 0.3 is 0 Å². The molecular weight excluding hydrogens is 899 g/mol. The van der Waals surface area contributed by atoms with Gasteiger partial charge in [-0.05, 0) is 144 Å². The summed E-state index contributed by atoms with van der Waals surface area (Å²) in [5.41, 5.74) is 8.86. The van der Waals surface area contributed by atoms with Gasteiger partial charge in [0.2, 0.25) is 5.95 Å². The van der Waals surface area contributed by atoms with E-state index in [9.17, 15) is 0 Å². The lowest BCUT2D eigenvalue weighted by Crippen LogP contribution is -2.08. The van der Waals surface area contributed by atoms with E-state index in [0.717, 1.165) is 63.4 Å². The average Bonchev–Trinajstić information content (AvgIpc) is 3.97. The van der Waals surface area contributed by atoms with E-state index in [2.05, 4.69) is 234 Å². The SMILES string of the molecule is C1=CCCC(c2nc(-c3ccccc3)nc(-n3c4cc5c6ccccc6c6ccccc6c5cc4c4cc5c6cc7c8ccccc8c8ccccc8c7cc6n(-c6cccc(C7C=CC=CC7)c6)c5cc43)n2)=C1. The second kappa shape index (κ2) is 16.0. The maximum atomic E-state index is 5.50. The van der Waals surface area contributed by atoms with E-state index in [1.165, 1.54) is 86.5 Å². The van der Waals surface area contributed by atoms with Crippen molar-refractivity contribution in [1.82, 2.24) is 24.1 Å². The second-order valence-electron chi connectivity index (χ2n) is 20.1. The normalized spacial score (nSPS) is 14.9. The first kappa shape index (κ1) is 41.2. The lowest BCUT2D eigenvalue weighted by Gasteiger charge is -2.16. The van der Waals surface area contributed by atoms with Gasteiger partial charge in [-0.3, -0.25) is 4.57 Å². The first-order valence-electron chi connectivity index (χ1n) is 25.8. The summed E-state index contributed by atoms with van der Waals surface area (Å²) in [5.74, 6) is 2.25. The highest BCUT2D eigenvalue weighted by atomic mass is 15.2. The van der Waals surface area contributed by atoms with Crippen LogP contribution in [-0.2, 0) is 0 Å². The number of nitrogens with zero attached hydrogens (tertiary/aromatic N) is 5. The molecule has 0 amide bonds. The molecule has 14 aromatic rings. The fraction of sp³-hybridized carbons (Fsp3) is 0.0580. The molecule has 5 heteroatoms. The topological polar surface area (TPSA) is 48.5 Å². The maximum absolute atomic E-state index is 5.50. The molecule has 0 saturated heterocycles. The van der Waals surface area contributed by atoms with Crippen molar-refractivity contribution in [2.45, 2.75) is 25.2 Å². The number of rotatable bonds is 5. The molecule has 2 aliphatic rings. The zero-order valence-corrected chi connectivity index (χ0v) is 40.4. The molecule has 0 N–H and O–H groups in total. The van der Waals surface area contributed by atoms with Crippen LogP contribution in [0.3, 0.4) is 0 Å². The number of aromatic nitrogens is 5. The predicted octanol–water partition coefficient (Wildman–Crippen LogP) is 18.0. The molecule has 0 aliphatic heterocycles. The molecule has 346 valence electrons. The summed E-state index contributed by atoms with van der Waals surface area (Å²) in [6.07, 6.45) is 18.2. The lowest BCUT2D eigenvalue weighted by molar-refractivity contribution is 0.852. The molecule has 0 bridgehead atoms. The highest BCUT2D eigenvalue weighted by molar-refractivity contribution is 6.32. The van der Waals surface area contributed by atoms with Crippen LogP contribution in [0.15, 0.2) is 231 Å². The van der Waals surface area contributed by atoms with Crippen molar-refractivity contribution < 1.29 is 0 Å². The van der Waals surface area contributed by atoms with Crippen molar-refractivity contribution in [1.29, 1.82) is 0 Å². The van der Waals surface area contributed by atoms with Crippen LogP contribution in [0.4, 0.5) is 0 Å². The lowest BCUT2D eigenvalue weighted by atomic mass is 9.92. The van der Waals surface area contributed by atoms with Crippen molar-refractivity contribution in [3.63, 3.8) is 0 Å². The third kappa shape index (κ3) is 6.13. The van der Waals surface area contributed by atoms with Crippen LogP contribution >= 0.6 is 0 Å². The fourth-order valence-corrected chi connectivity index (χ4v) is 12.6. The molecule has 3 heterocycles. The van der Waals surface area contributed by atoms with Crippen LogP contribution in [0.1, 0.15) is 36.6 Å². The van der Waals surface area contributed by atoms with Crippen molar-refractivity contribution in [2.75, 3.05) is 0 Å². The summed E-state index contributed by atoms with van der Waals surface area (Å²) >= 11 is 0. The van der Waals surface area contributed by atoms with Gasteiger partial charge in [0.15, 0.2) is 11.6 Å². The number of hydrogen-bond donors (Lipinski definition) is 0. The highest BCUT2D eigenvalue weighted by Gasteiger charge is 2.25. The van der Waals surface area contributed by atoms with Gasteiger partial charge in [-0.25, -0.2) is 4.98 Å². The number of fused-ring (bicyclic) bond motifs is 18. The van der Waals surface area contributed by atoms with Crippen molar-refractivity contribution in [2.24, 2.45) is 0 Å². The van der Waals surface area contributed by atoms with Gasteiger partial charge in [0, 0.05) is 38.7 Å². The quantitative estimate of drug-likeness (QED) is 0.162. The van der Waals surface area contributed by atoms with Crippen LogP contribution in [0.25, 0.3) is 137 Å². The van der Waals surface area contributed by atoms with Gasteiger partial charge in [-0.1, -0.05) is 182 Å². The van der Waals surface area contributed by atoms with Crippen LogP contribution in [0.5, 0.6) is 0 Å². The number of allylic oxidation sites excluding steroid dienone is 8. The van der Waals surface area contributed by atoms with Crippen LogP contribution < -0.4 is 0 Å². The molecule has 74 heavy (non-hydrogen) atoms. The van der Waals surface area contributed by atoms with Crippen molar-refractivity contribution >= 4 is 114 Å². The van der Waals surface area contributed by atoms with Crippen LogP contribution in [0.2, 0.25) is 0 Å². The maximum Gasteiger partial charge on any atom is 0.238 e. The van der Waals surface area contributed by atoms with Crippen LogP contribution in [0, 0.1) is 0 Å². The minimum absolute atomic E-state index is 0.298. The van der Waals surface area contributed by atoms with E-state index in [4.69, 9.17) is 15.0 Å². The molecule has 11 aromatic carbocycles. The smallest absolute Gasteiger partial charge is 0.238 e. The molecule has 1 atom stereocenters. The first-order valence-corrected chi connectivity index (χ1v) is 25.8. The molecule has 1 unspecified atom stereocenters. The standard InChI is InChI=1S/C69H45N5/c1-4-19-42(20-5-1)45-25-18-26-46(35-45)73-63-39-57-53-33-16-12-29-49(53)47-27-10-14-31-51(47)55(57)36-59(63)61-38-62-60-37-56-52-32-15-11-28-48(52)50-30-13-17-34-54(50)58(56)40-64(60)74(66(62)41-65(61)73)69-71-67(43-21-6-2-7-22-43)70-68(72-69)44-23-8-3-9-24-44/h1-8,10-19,21-23,25-42H,9,20,24H2. The summed E-state index contributed by atoms with van der Waals surface area (Å²) < 4.78 is 4.85. The Morgan fingerprint density at radius 1 is 0.365 bits per heavy atom. The summed E-state index contributed by atoms with van der Waals surface area (Å²) in [7, 11) is 0. The second-order valence-corrected chi connectivity index (χ2v) is 20.1. The summed E-state index contributed by atoms with van der Waals surface area (Å²) in [6, 6.07) is 69.8. The minimum atomic E-state index is 0.298. The molecule has 0 fully saturated rings. The van der Waals surface area contributed by atoms with Gasteiger partial charge in [0.25, 0.3) is 0 Å². The zero-order chi connectivity index (χ0) is 48.4. The van der Waals surface area contributed by atoms with E-state index in [1.54, 1.807) is 0 Å². The zero-order valence-electron chi connectivity index (χ0n) is 40.4. The Bertz CT molecular complexity index is 4870. The Balaban J connectivity index is 1.09. The van der Waals surface area contributed by atoms with Gasteiger partial charge in [0.1, 0.15) is 0 Å². The predicted molar refractivity (Wildman–Crippen MR) is 311 cm³/mol. The summed E-state index contributed by atoms with van der Waals surface area (Å²) in [6.45, 7) is 0. The summed E-state index contributed by atoms with van der Waals surface area (Å²) in [5, 5.41) is 19.6. The molecular formula is C69H45N5. The Morgan fingerprint density at radius 2 is 0.865 bits per heavy atom. The van der Waals surface area contributed by atoms with E-state index >= 15 is 0 Å². The fourth-order valence-electron chi connectivity index (χ4n) is 12.6. The molecule has 3 aromatic heterocycles. The van der Waals surface area contributed by atoms with Gasteiger partial charge in [0.05, 0.1) is 22.1 Å². The Labute approximate surface area is 426 Å². The number of hydrogen-bond acceptors (Lipinski definition) is 3. The summed E-state index contributed by atoms with van der Waals surface area (Å²) in [4.78, 5) is 16.2. The monoisotopic (exact) mass is 943 g/mol. The van der Waals surface area contributed by atoms with E-state index in [1.807, 2.05) is 6.07 Å². The van der Waals surface area contributed by atoms with Crippen LogP contribution in [-0.4, -0.2) is 24.1 Å². The molecule has 16 rings (SSSR count). The first-order chi connectivity index (χ1) is 36.7. The van der Waals surface area contributed by atoms with Crippen molar-refractivity contribution in [3.05, 3.63) is 242 Å². The van der Waals surface area contributed by atoms with E-state index in [-0.39, 0.29) is 0 Å². The average molecular weight is 944 g/mol. The third-order valence-electron chi connectivity index (χ3n) is 16.1. The molecule has 0 saturated carbocycles. The molecule has 0 radical (unpaired) electrons. The molecule has 5 nitrogen and oxygen atoms in total. The van der Waals surface area contributed by atoms with E-state index < -0.39 is 0 Å². The highest BCUT2D eigenvalue weighted by Crippen LogP contribution is 2.46. The van der Waals surface area contributed by atoms with Gasteiger partial charge < -0.3 is 4.57 Å². The molecule has 0 spiro atoms. The van der Waals surface area contributed by atoms with E-state index in [0.29, 0.717) is 23.5 Å². The number of benzene rings is 11. The Kier molecular flexibility index (Phi) is 8.92. The minimum Gasteiger partial charge on any atom is -0.309 e. The van der Waals surface area contributed by atoms with Crippen molar-refractivity contribution in [3.8, 4) is 23.0 Å².